The van der Waals surface area contributed by atoms with Gasteiger partial charge in [-0.15, -0.1) is 11.3 Å². The van der Waals surface area contributed by atoms with E-state index in [1.807, 2.05) is 26.0 Å². The molecule has 1 amide bonds. The Labute approximate surface area is 190 Å². The smallest absolute Gasteiger partial charge is 0.261 e. The van der Waals surface area contributed by atoms with Crippen molar-refractivity contribution in [1.82, 2.24) is 10.3 Å². The number of aromatic nitrogens is 1. The lowest BCUT2D eigenvalue weighted by Gasteiger charge is -2.12. The highest BCUT2D eigenvalue weighted by atomic mass is 32.2. The first-order valence-electron chi connectivity index (χ1n) is 9.90. The van der Waals surface area contributed by atoms with Gasteiger partial charge in [-0.1, -0.05) is 12.1 Å². The van der Waals surface area contributed by atoms with E-state index in [0.717, 1.165) is 26.8 Å². The molecule has 0 bridgehead atoms. The number of benzene rings is 2. The monoisotopic (exact) mass is 466 g/mol. The standard InChI is InChI=1S/C24H22N2O4S2/c1-15-10-20(11-16(2)23(15)30-3)32(28,29)19-6-4-17(5-7-19)13-26-24(27)21-12-18-8-9-25-14-22(18)31-21/h4-12,14H,13H2,1-3H3,(H,26,27). The minimum atomic E-state index is -3.66. The zero-order chi connectivity index (χ0) is 22.9. The number of methoxy groups -OCH3 is 1. The van der Waals surface area contributed by atoms with Crippen molar-refractivity contribution < 1.29 is 17.9 Å². The fraction of sp³-hybridized carbons (Fsp3) is 0.167. The summed E-state index contributed by atoms with van der Waals surface area (Å²) < 4.78 is 32.4. The summed E-state index contributed by atoms with van der Waals surface area (Å²) in [5.41, 5.74) is 2.34. The summed E-state index contributed by atoms with van der Waals surface area (Å²) in [7, 11) is -2.09. The number of fused-ring (bicyclic) bond motifs is 1. The van der Waals surface area contributed by atoms with Crippen LogP contribution in [0.4, 0.5) is 0 Å². The number of nitrogens with zero attached hydrogens (tertiary/aromatic N) is 1. The van der Waals surface area contributed by atoms with Crippen LogP contribution >= 0.6 is 11.3 Å². The van der Waals surface area contributed by atoms with Gasteiger partial charge in [0.15, 0.2) is 0 Å². The predicted molar refractivity (Wildman–Crippen MR) is 125 cm³/mol. The van der Waals surface area contributed by atoms with E-state index in [2.05, 4.69) is 10.3 Å². The minimum Gasteiger partial charge on any atom is -0.496 e. The Bertz CT molecular complexity index is 1350. The average molecular weight is 467 g/mol. The highest BCUT2D eigenvalue weighted by molar-refractivity contribution is 7.91. The Balaban J connectivity index is 1.48. The molecule has 0 saturated carbocycles. The molecule has 2 aromatic carbocycles. The van der Waals surface area contributed by atoms with Crippen LogP contribution in [0.1, 0.15) is 26.4 Å². The Hall–Kier alpha value is -3.23. The second-order valence-electron chi connectivity index (χ2n) is 7.44. The molecule has 0 saturated heterocycles. The van der Waals surface area contributed by atoms with Gasteiger partial charge in [-0.3, -0.25) is 9.78 Å². The number of sulfone groups is 1. The number of rotatable bonds is 6. The van der Waals surface area contributed by atoms with Crippen molar-refractivity contribution >= 4 is 37.2 Å². The molecule has 4 aromatic rings. The molecular formula is C24H22N2O4S2. The van der Waals surface area contributed by atoms with Crippen molar-refractivity contribution in [2.45, 2.75) is 30.2 Å². The Morgan fingerprint density at radius 2 is 1.72 bits per heavy atom. The lowest BCUT2D eigenvalue weighted by molar-refractivity contribution is 0.0955. The molecule has 8 heteroatoms. The number of hydrogen-bond acceptors (Lipinski definition) is 6. The van der Waals surface area contributed by atoms with Crippen molar-refractivity contribution in [3.63, 3.8) is 0 Å². The normalized spacial score (nSPS) is 11.5. The van der Waals surface area contributed by atoms with Gasteiger partial charge in [0.1, 0.15) is 5.75 Å². The van der Waals surface area contributed by atoms with Crippen molar-refractivity contribution in [3.8, 4) is 5.75 Å². The molecule has 0 radical (unpaired) electrons. The highest BCUT2D eigenvalue weighted by Crippen LogP contribution is 2.30. The molecule has 164 valence electrons. The van der Waals surface area contributed by atoms with Gasteiger partial charge in [0.2, 0.25) is 9.84 Å². The Kier molecular flexibility index (Phi) is 5.99. The van der Waals surface area contributed by atoms with Crippen LogP contribution in [0.3, 0.4) is 0 Å². The van der Waals surface area contributed by atoms with Crippen LogP contribution in [0.5, 0.6) is 5.75 Å². The molecule has 0 fully saturated rings. The molecule has 0 atom stereocenters. The van der Waals surface area contributed by atoms with Crippen molar-refractivity contribution in [3.05, 3.63) is 82.5 Å². The van der Waals surface area contributed by atoms with Gasteiger partial charge >= 0.3 is 0 Å². The van der Waals surface area contributed by atoms with Crippen molar-refractivity contribution in [1.29, 1.82) is 0 Å². The largest absolute Gasteiger partial charge is 0.496 e. The van der Waals surface area contributed by atoms with Crippen LogP contribution in [0.15, 0.2) is 70.7 Å². The van der Waals surface area contributed by atoms with Gasteiger partial charge < -0.3 is 10.1 Å². The fourth-order valence-corrected chi connectivity index (χ4v) is 5.95. The van der Waals surface area contributed by atoms with E-state index in [4.69, 9.17) is 4.74 Å². The summed E-state index contributed by atoms with van der Waals surface area (Å²) in [5, 5.41) is 3.86. The zero-order valence-electron chi connectivity index (χ0n) is 17.9. The van der Waals surface area contributed by atoms with Crippen molar-refractivity contribution in [2.24, 2.45) is 0 Å². The maximum absolute atomic E-state index is 13.1. The first-order valence-corrected chi connectivity index (χ1v) is 12.2. The third kappa shape index (κ3) is 4.24. The van der Waals surface area contributed by atoms with E-state index in [1.165, 1.54) is 11.3 Å². The molecule has 0 aliphatic carbocycles. The van der Waals surface area contributed by atoms with Crippen LogP contribution in [-0.2, 0) is 16.4 Å². The second-order valence-corrected chi connectivity index (χ2v) is 10.5. The van der Waals surface area contributed by atoms with Crippen LogP contribution < -0.4 is 10.1 Å². The molecule has 0 aliphatic rings. The molecular weight excluding hydrogens is 444 g/mol. The number of hydrogen-bond donors (Lipinski definition) is 1. The summed E-state index contributed by atoms with van der Waals surface area (Å²) in [6, 6.07) is 13.5. The number of carbonyl (C=O) groups excluding carboxylic acids is 1. The highest BCUT2D eigenvalue weighted by Gasteiger charge is 2.20. The fourth-order valence-electron chi connectivity index (χ4n) is 3.58. The van der Waals surface area contributed by atoms with Gasteiger partial charge in [0.05, 0.1) is 26.5 Å². The topological polar surface area (TPSA) is 85.4 Å². The first-order chi connectivity index (χ1) is 15.3. The maximum Gasteiger partial charge on any atom is 0.261 e. The van der Waals surface area contributed by atoms with Crippen LogP contribution in [-0.4, -0.2) is 26.4 Å². The van der Waals surface area contributed by atoms with E-state index in [-0.39, 0.29) is 15.7 Å². The molecule has 1 N–H and O–H groups in total. The lowest BCUT2D eigenvalue weighted by Crippen LogP contribution is -2.21. The minimum absolute atomic E-state index is 0.174. The van der Waals surface area contributed by atoms with Gasteiger partial charge in [0, 0.05) is 18.9 Å². The number of aryl methyl sites for hydroxylation is 2. The van der Waals surface area contributed by atoms with E-state index in [0.29, 0.717) is 17.2 Å². The molecule has 32 heavy (non-hydrogen) atoms. The van der Waals surface area contributed by atoms with Gasteiger partial charge in [-0.05, 0) is 72.3 Å². The van der Waals surface area contributed by atoms with Crippen LogP contribution in [0, 0.1) is 13.8 Å². The second kappa shape index (κ2) is 8.72. The molecule has 2 aromatic heterocycles. The van der Waals surface area contributed by atoms with Crippen LogP contribution in [0.25, 0.3) is 10.1 Å². The quantitative estimate of drug-likeness (QED) is 0.446. The molecule has 4 rings (SSSR count). The molecule has 0 unspecified atom stereocenters. The number of amides is 1. The average Bonchev–Trinajstić information content (AvgIpc) is 3.22. The zero-order valence-corrected chi connectivity index (χ0v) is 19.5. The number of pyridine rings is 1. The lowest BCUT2D eigenvalue weighted by atomic mass is 10.1. The summed E-state index contributed by atoms with van der Waals surface area (Å²) in [5.74, 6) is 0.511. The summed E-state index contributed by atoms with van der Waals surface area (Å²) >= 11 is 1.39. The van der Waals surface area contributed by atoms with Crippen LogP contribution in [0.2, 0.25) is 0 Å². The summed E-state index contributed by atoms with van der Waals surface area (Å²) in [6.07, 6.45) is 3.43. The summed E-state index contributed by atoms with van der Waals surface area (Å²) in [4.78, 5) is 17.6. The third-order valence-electron chi connectivity index (χ3n) is 5.18. The number of ether oxygens (including phenoxy) is 1. The molecule has 0 spiro atoms. The number of carbonyl (C=O) groups is 1. The van der Waals surface area contributed by atoms with Gasteiger partial charge in [0.25, 0.3) is 5.91 Å². The molecule has 2 heterocycles. The number of nitrogens with one attached hydrogen (secondary N) is 1. The van der Waals surface area contributed by atoms with Gasteiger partial charge in [-0.2, -0.15) is 0 Å². The Morgan fingerprint density at radius 3 is 2.34 bits per heavy atom. The SMILES string of the molecule is COc1c(C)cc(S(=O)(=O)c2ccc(CNC(=O)c3cc4ccncc4s3)cc2)cc1C. The van der Waals surface area contributed by atoms with E-state index < -0.39 is 9.84 Å². The predicted octanol–water partition coefficient (Wildman–Crippen LogP) is 4.68. The number of thiophene rings is 1. The summed E-state index contributed by atoms with van der Waals surface area (Å²) in [6.45, 7) is 3.94. The van der Waals surface area contributed by atoms with E-state index >= 15 is 0 Å². The maximum atomic E-state index is 13.1. The third-order valence-corrected chi connectivity index (χ3v) is 8.02. The van der Waals surface area contributed by atoms with E-state index in [1.54, 1.807) is 55.9 Å². The van der Waals surface area contributed by atoms with Gasteiger partial charge in [-0.25, -0.2) is 8.42 Å². The van der Waals surface area contributed by atoms with Crippen molar-refractivity contribution in [2.75, 3.05) is 7.11 Å². The van der Waals surface area contributed by atoms with E-state index in [9.17, 15) is 13.2 Å². The first kappa shape index (κ1) is 22.0. The molecule has 6 nitrogen and oxygen atoms in total. The Morgan fingerprint density at radius 1 is 1.03 bits per heavy atom. The molecule has 0 aliphatic heterocycles.